The van der Waals surface area contributed by atoms with Crippen LogP contribution in [0.15, 0.2) is 0 Å². The largest absolute Gasteiger partial charge is 0.480 e. The van der Waals surface area contributed by atoms with Gasteiger partial charge in [0.1, 0.15) is 0 Å². The van der Waals surface area contributed by atoms with Crippen LogP contribution in [0, 0.1) is 0 Å². The molecule has 0 aliphatic rings. The Morgan fingerprint density at radius 3 is 2.36 bits per heavy atom. The van der Waals surface area contributed by atoms with Gasteiger partial charge in [0.2, 0.25) is 10.0 Å². The van der Waals surface area contributed by atoms with Gasteiger partial charge in [-0.2, -0.15) is 0 Å². The van der Waals surface area contributed by atoms with E-state index in [2.05, 4.69) is 4.72 Å². The molecule has 0 spiro atoms. The molecule has 0 aromatic heterocycles. The van der Waals surface area contributed by atoms with Gasteiger partial charge in [-0.3, -0.25) is 4.79 Å². The molecule has 0 aromatic rings. The lowest BCUT2D eigenvalue weighted by Gasteiger charge is -2.24. The summed E-state index contributed by atoms with van der Waals surface area (Å²) in [6.45, 7) is 3.39. The first kappa shape index (κ1) is 13.3. The Bertz CT molecular complexity index is 295. The molecular weight excluding hydrogens is 210 g/mol. The minimum Gasteiger partial charge on any atom is -0.480 e. The fourth-order valence-corrected chi connectivity index (χ4v) is 2.31. The average molecular weight is 225 g/mol. The SMILES string of the molecule is COCC(C)(C)NS(=O)(=O)CC(=O)O. The molecule has 0 atom stereocenters. The molecule has 0 amide bonds. The third kappa shape index (κ3) is 5.90. The lowest BCUT2D eigenvalue weighted by molar-refractivity contribution is -0.134. The summed E-state index contributed by atoms with van der Waals surface area (Å²) in [4.78, 5) is 10.2. The Morgan fingerprint density at radius 1 is 1.50 bits per heavy atom. The molecule has 0 aromatic carbocycles. The molecule has 6 nitrogen and oxygen atoms in total. The van der Waals surface area contributed by atoms with E-state index in [4.69, 9.17) is 9.84 Å². The van der Waals surface area contributed by atoms with Crippen molar-refractivity contribution in [3.63, 3.8) is 0 Å². The minimum absolute atomic E-state index is 0.172. The van der Waals surface area contributed by atoms with Crippen LogP contribution in [0.3, 0.4) is 0 Å². The van der Waals surface area contributed by atoms with E-state index in [0.29, 0.717) is 0 Å². The number of carboxylic acid groups (broad SMARTS) is 1. The molecule has 84 valence electrons. The molecule has 0 aliphatic carbocycles. The zero-order valence-corrected chi connectivity index (χ0v) is 9.22. The highest BCUT2D eigenvalue weighted by Crippen LogP contribution is 2.04. The number of hydrogen-bond acceptors (Lipinski definition) is 4. The zero-order valence-electron chi connectivity index (χ0n) is 8.40. The summed E-state index contributed by atoms with van der Waals surface area (Å²) in [6, 6.07) is 0. The van der Waals surface area contributed by atoms with Crippen LogP contribution < -0.4 is 4.72 Å². The second-order valence-corrected chi connectivity index (χ2v) is 5.29. The van der Waals surface area contributed by atoms with E-state index in [0.717, 1.165) is 0 Å². The molecule has 7 heteroatoms. The van der Waals surface area contributed by atoms with Crippen molar-refractivity contribution >= 4 is 16.0 Å². The Kier molecular flexibility index (Phi) is 4.50. The molecule has 0 fully saturated rings. The molecule has 14 heavy (non-hydrogen) atoms. The summed E-state index contributed by atoms with van der Waals surface area (Å²) >= 11 is 0. The van der Waals surface area contributed by atoms with Gasteiger partial charge in [-0.1, -0.05) is 0 Å². The van der Waals surface area contributed by atoms with Crippen LogP contribution in [0.2, 0.25) is 0 Å². The maximum atomic E-state index is 11.2. The first-order valence-electron chi connectivity index (χ1n) is 3.91. The Balaban J connectivity index is 4.42. The Labute approximate surface area is 83.3 Å². The molecule has 0 saturated carbocycles. The fraction of sp³-hybridized carbons (Fsp3) is 0.857. The number of sulfonamides is 1. The number of carbonyl (C=O) groups is 1. The van der Waals surface area contributed by atoms with E-state index in [-0.39, 0.29) is 6.61 Å². The minimum atomic E-state index is -3.79. The van der Waals surface area contributed by atoms with Gasteiger partial charge < -0.3 is 9.84 Å². The smallest absolute Gasteiger partial charge is 0.320 e. The van der Waals surface area contributed by atoms with Crippen molar-refractivity contribution < 1.29 is 23.1 Å². The van der Waals surface area contributed by atoms with Crippen molar-refractivity contribution in [3.05, 3.63) is 0 Å². The van der Waals surface area contributed by atoms with Gasteiger partial charge in [-0.15, -0.1) is 0 Å². The van der Waals surface area contributed by atoms with E-state index in [1.807, 2.05) is 0 Å². The van der Waals surface area contributed by atoms with Crippen LogP contribution >= 0.6 is 0 Å². The maximum absolute atomic E-state index is 11.2. The molecule has 0 heterocycles. The summed E-state index contributed by atoms with van der Waals surface area (Å²) in [6.07, 6.45) is 0. The third-order valence-electron chi connectivity index (χ3n) is 1.25. The second-order valence-electron chi connectivity index (χ2n) is 3.57. The number of nitrogens with one attached hydrogen (secondary N) is 1. The number of ether oxygens (including phenoxy) is 1. The summed E-state index contributed by atoms with van der Waals surface area (Å²) < 4.78 is 29.4. The summed E-state index contributed by atoms with van der Waals surface area (Å²) in [7, 11) is -2.35. The average Bonchev–Trinajstić information content (AvgIpc) is 1.78. The summed E-state index contributed by atoms with van der Waals surface area (Å²) in [5.74, 6) is -2.31. The third-order valence-corrected chi connectivity index (χ3v) is 2.74. The zero-order chi connectivity index (χ0) is 11.4. The first-order chi connectivity index (χ1) is 6.18. The molecule has 0 bridgehead atoms. The van der Waals surface area contributed by atoms with Crippen molar-refractivity contribution in [1.82, 2.24) is 4.72 Å². The molecule has 0 radical (unpaired) electrons. The second kappa shape index (κ2) is 4.72. The molecule has 0 rings (SSSR count). The van der Waals surface area contributed by atoms with Crippen LogP contribution in [0.1, 0.15) is 13.8 Å². The highest BCUT2D eigenvalue weighted by molar-refractivity contribution is 7.90. The van der Waals surface area contributed by atoms with E-state index < -0.39 is 27.3 Å². The molecule has 0 saturated heterocycles. The molecule has 0 aliphatic heterocycles. The van der Waals surface area contributed by atoms with Gasteiger partial charge in [-0.25, -0.2) is 13.1 Å². The Hall–Kier alpha value is -0.660. The van der Waals surface area contributed by atoms with E-state index in [1.54, 1.807) is 13.8 Å². The van der Waals surface area contributed by atoms with Crippen molar-refractivity contribution in [2.24, 2.45) is 0 Å². The predicted octanol–water partition coefficient (Wildman–Crippen LogP) is -0.585. The fourth-order valence-electron chi connectivity index (χ4n) is 1.01. The monoisotopic (exact) mass is 225 g/mol. The van der Waals surface area contributed by atoms with Crippen LogP contribution in [-0.2, 0) is 19.6 Å². The van der Waals surface area contributed by atoms with Crippen LogP contribution in [-0.4, -0.2) is 44.5 Å². The van der Waals surface area contributed by atoms with Crippen molar-refractivity contribution in [2.45, 2.75) is 19.4 Å². The first-order valence-corrected chi connectivity index (χ1v) is 5.56. The highest BCUT2D eigenvalue weighted by atomic mass is 32.2. The van der Waals surface area contributed by atoms with E-state index in [1.165, 1.54) is 7.11 Å². The predicted molar refractivity (Wildman–Crippen MR) is 50.5 cm³/mol. The Morgan fingerprint density at radius 2 is 2.00 bits per heavy atom. The number of methoxy groups -OCH3 is 1. The van der Waals surface area contributed by atoms with Crippen LogP contribution in [0.25, 0.3) is 0 Å². The molecule has 2 N–H and O–H groups in total. The lowest BCUT2D eigenvalue weighted by Crippen LogP contribution is -2.48. The van der Waals surface area contributed by atoms with Gasteiger partial charge in [-0.05, 0) is 13.8 Å². The maximum Gasteiger partial charge on any atom is 0.320 e. The lowest BCUT2D eigenvalue weighted by atomic mass is 10.1. The van der Waals surface area contributed by atoms with Gasteiger partial charge in [0.05, 0.1) is 12.1 Å². The normalized spacial score (nSPS) is 12.8. The number of hydrogen-bond donors (Lipinski definition) is 2. The topological polar surface area (TPSA) is 92.7 Å². The van der Waals surface area contributed by atoms with Crippen LogP contribution in [0.5, 0.6) is 0 Å². The highest BCUT2D eigenvalue weighted by Gasteiger charge is 2.26. The van der Waals surface area contributed by atoms with Gasteiger partial charge >= 0.3 is 5.97 Å². The van der Waals surface area contributed by atoms with Crippen molar-refractivity contribution in [2.75, 3.05) is 19.5 Å². The van der Waals surface area contributed by atoms with Gasteiger partial charge in [0.25, 0.3) is 0 Å². The van der Waals surface area contributed by atoms with E-state index >= 15 is 0 Å². The molecule has 0 unspecified atom stereocenters. The standard InChI is InChI=1S/C7H15NO5S/c1-7(2,5-13-3)8-14(11,12)4-6(9)10/h8H,4-5H2,1-3H3,(H,9,10). The van der Waals surface area contributed by atoms with Crippen molar-refractivity contribution in [1.29, 1.82) is 0 Å². The molecular formula is C7H15NO5S. The van der Waals surface area contributed by atoms with E-state index in [9.17, 15) is 13.2 Å². The van der Waals surface area contributed by atoms with Gasteiger partial charge in [0.15, 0.2) is 5.75 Å². The van der Waals surface area contributed by atoms with Crippen LogP contribution in [0.4, 0.5) is 0 Å². The quantitative estimate of drug-likeness (QED) is 0.630. The summed E-state index contributed by atoms with van der Waals surface area (Å²) in [5, 5.41) is 8.33. The van der Waals surface area contributed by atoms with Gasteiger partial charge in [0, 0.05) is 7.11 Å². The number of aliphatic carboxylic acids is 1. The summed E-state index contributed by atoms with van der Waals surface area (Å²) in [5.41, 5.74) is -0.803. The number of carboxylic acids is 1. The van der Waals surface area contributed by atoms with Crippen molar-refractivity contribution in [3.8, 4) is 0 Å². The number of rotatable bonds is 6.